The molecule has 0 atom stereocenters. The first-order valence-corrected chi connectivity index (χ1v) is 5.96. The summed E-state index contributed by atoms with van der Waals surface area (Å²) in [6, 6.07) is 6.99. The molecule has 5 nitrogen and oxygen atoms in total. The molecule has 6 heteroatoms. The van der Waals surface area contributed by atoms with Gasteiger partial charge in [0.05, 0.1) is 17.0 Å². The smallest absolute Gasteiger partial charge is 0.258 e. The maximum Gasteiger partial charge on any atom is 0.258 e. The molecule has 0 unspecified atom stereocenters. The third kappa shape index (κ3) is 2.08. The van der Waals surface area contributed by atoms with Crippen LogP contribution in [0.5, 0.6) is 0 Å². The minimum Gasteiger partial charge on any atom is -0.461 e. The average molecular weight is 276 g/mol. The third-order valence-electron chi connectivity index (χ3n) is 2.74. The molecule has 0 aliphatic rings. The van der Waals surface area contributed by atoms with Gasteiger partial charge in [-0.15, -0.1) is 0 Å². The number of rotatable bonds is 2. The van der Waals surface area contributed by atoms with Crippen LogP contribution in [-0.2, 0) is 0 Å². The molecular weight excluding hydrogens is 266 g/mol. The summed E-state index contributed by atoms with van der Waals surface area (Å²) in [5.41, 5.74) is 7.82. The number of furan rings is 1. The van der Waals surface area contributed by atoms with E-state index in [4.69, 9.17) is 26.3 Å². The zero-order chi connectivity index (χ0) is 13.4. The van der Waals surface area contributed by atoms with E-state index in [0.717, 1.165) is 5.56 Å². The van der Waals surface area contributed by atoms with Gasteiger partial charge >= 0.3 is 0 Å². The largest absolute Gasteiger partial charge is 0.461 e. The first kappa shape index (κ1) is 11.8. The van der Waals surface area contributed by atoms with Gasteiger partial charge in [-0.25, -0.2) is 0 Å². The Labute approximate surface area is 114 Å². The molecule has 19 heavy (non-hydrogen) atoms. The molecule has 0 saturated carbocycles. The van der Waals surface area contributed by atoms with E-state index in [2.05, 4.69) is 10.1 Å². The molecule has 0 aliphatic carbocycles. The Kier molecular flexibility index (Phi) is 2.76. The molecular formula is C13H10ClN3O2. The number of nitrogens with two attached hydrogens (primary N) is 1. The highest BCUT2D eigenvalue weighted by atomic mass is 35.5. The van der Waals surface area contributed by atoms with E-state index in [0.29, 0.717) is 33.7 Å². The van der Waals surface area contributed by atoms with Crippen molar-refractivity contribution >= 4 is 17.3 Å². The number of halogens is 1. The van der Waals surface area contributed by atoms with Crippen molar-refractivity contribution < 1.29 is 8.94 Å². The van der Waals surface area contributed by atoms with Gasteiger partial charge in [-0.05, 0) is 36.8 Å². The van der Waals surface area contributed by atoms with Crippen molar-refractivity contribution in [2.75, 3.05) is 5.73 Å². The van der Waals surface area contributed by atoms with Crippen molar-refractivity contribution in [2.24, 2.45) is 0 Å². The van der Waals surface area contributed by atoms with Gasteiger partial charge in [0.15, 0.2) is 5.76 Å². The van der Waals surface area contributed by atoms with Crippen molar-refractivity contribution in [2.45, 2.75) is 6.92 Å². The fraction of sp³-hybridized carbons (Fsp3) is 0.0769. The number of nitrogens with zero attached hydrogens (tertiary/aromatic N) is 2. The topological polar surface area (TPSA) is 78.1 Å². The predicted octanol–water partition coefficient (Wildman–Crippen LogP) is 3.54. The number of hydrogen-bond acceptors (Lipinski definition) is 5. The lowest BCUT2D eigenvalue weighted by molar-refractivity contribution is 0.429. The average Bonchev–Trinajstić information content (AvgIpc) is 3.01. The van der Waals surface area contributed by atoms with Gasteiger partial charge in [0.1, 0.15) is 0 Å². The number of aryl methyl sites for hydroxylation is 1. The fourth-order valence-electron chi connectivity index (χ4n) is 1.69. The molecule has 0 radical (unpaired) electrons. The van der Waals surface area contributed by atoms with Crippen LogP contribution in [0.3, 0.4) is 0 Å². The standard InChI is InChI=1S/C13H10ClN3O2/c1-7-4-5-18-11(7)12-16-13(19-17-12)8-2-3-10(15)9(14)6-8/h2-6H,15H2,1H3. The van der Waals surface area contributed by atoms with Crippen molar-refractivity contribution in [3.05, 3.63) is 41.1 Å². The summed E-state index contributed by atoms with van der Waals surface area (Å²) >= 11 is 5.96. The summed E-state index contributed by atoms with van der Waals surface area (Å²) in [7, 11) is 0. The Morgan fingerprint density at radius 1 is 1.26 bits per heavy atom. The lowest BCUT2D eigenvalue weighted by Gasteiger charge is -1.98. The highest BCUT2D eigenvalue weighted by molar-refractivity contribution is 6.33. The number of aromatic nitrogens is 2. The molecule has 1 aromatic carbocycles. The summed E-state index contributed by atoms with van der Waals surface area (Å²) in [6.45, 7) is 1.91. The van der Waals surface area contributed by atoms with E-state index in [1.165, 1.54) is 0 Å². The normalized spacial score (nSPS) is 10.8. The van der Waals surface area contributed by atoms with Crippen LogP contribution in [0, 0.1) is 6.92 Å². The third-order valence-corrected chi connectivity index (χ3v) is 3.07. The summed E-state index contributed by atoms with van der Waals surface area (Å²) in [5.74, 6) is 1.37. The monoisotopic (exact) mass is 275 g/mol. The highest BCUT2D eigenvalue weighted by Gasteiger charge is 2.15. The van der Waals surface area contributed by atoms with E-state index in [1.807, 2.05) is 13.0 Å². The molecule has 3 aromatic rings. The van der Waals surface area contributed by atoms with Crippen LogP contribution in [0.4, 0.5) is 5.69 Å². The van der Waals surface area contributed by atoms with Gasteiger partial charge in [-0.3, -0.25) is 0 Å². The van der Waals surface area contributed by atoms with E-state index >= 15 is 0 Å². The summed E-state index contributed by atoms with van der Waals surface area (Å²) in [4.78, 5) is 4.28. The summed E-state index contributed by atoms with van der Waals surface area (Å²) < 4.78 is 10.5. The second-order valence-corrected chi connectivity index (χ2v) is 4.50. The maximum absolute atomic E-state index is 5.96. The Bertz CT molecular complexity index is 733. The Hall–Kier alpha value is -2.27. The van der Waals surface area contributed by atoms with Crippen LogP contribution in [0.15, 0.2) is 39.5 Å². The van der Waals surface area contributed by atoms with Crippen LogP contribution < -0.4 is 5.73 Å². The summed E-state index contributed by atoms with van der Waals surface area (Å²) in [6.07, 6.45) is 1.58. The molecule has 0 fully saturated rings. The maximum atomic E-state index is 5.96. The van der Waals surface area contributed by atoms with Gasteiger partial charge in [0, 0.05) is 5.56 Å². The minimum atomic E-state index is 0.368. The zero-order valence-electron chi connectivity index (χ0n) is 10.1. The summed E-state index contributed by atoms with van der Waals surface area (Å²) in [5, 5.41) is 4.34. The van der Waals surface area contributed by atoms with Crippen molar-refractivity contribution in [1.82, 2.24) is 10.1 Å². The molecule has 2 N–H and O–H groups in total. The molecule has 0 bridgehead atoms. The molecule has 3 rings (SSSR count). The van der Waals surface area contributed by atoms with Gasteiger partial charge in [-0.2, -0.15) is 4.98 Å². The Morgan fingerprint density at radius 3 is 2.79 bits per heavy atom. The molecule has 96 valence electrons. The quantitative estimate of drug-likeness (QED) is 0.724. The molecule has 2 heterocycles. The Morgan fingerprint density at radius 2 is 2.11 bits per heavy atom. The first-order chi connectivity index (χ1) is 9.15. The number of anilines is 1. The molecule has 0 saturated heterocycles. The van der Waals surface area contributed by atoms with Crippen molar-refractivity contribution in [3.8, 4) is 23.0 Å². The number of hydrogen-bond donors (Lipinski definition) is 1. The highest BCUT2D eigenvalue weighted by Crippen LogP contribution is 2.28. The minimum absolute atomic E-state index is 0.368. The van der Waals surface area contributed by atoms with E-state index in [1.54, 1.807) is 24.5 Å². The number of nitrogen functional groups attached to an aromatic ring is 1. The van der Waals surface area contributed by atoms with E-state index in [-0.39, 0.29) is 0 Å². The van der Waals surface area contributed by atoms with Gasteiger partial charge in [-0.1, -0.05) is 16.8 Å². The van der Waals surface area contributed by atoms with E-state index < -0.39 is 0 Å². The lowest BCUT2D eigenvalue weighted by atomic mass is 10.2. The van der Waals surface area contributed by atoms with Crippen LogP contribution in [-0.4, -0.2) is 10.1 Å². The van der Waals surface area contributed by atoms with Gasteiger partial charge < -0.3 is 14.7 Å². The Balaban J connectivity index is 2.01. The first-order valence-electron chi connectivity index (χ1n) is 5.59. The number of benzene rings is 1. The fourth-order valence-corrected chi connectivity index (χ4v) is 1.88. The molecule has 0 spiro atoms. The van der Waals surface area contributed by atoms with Crippen LogP contribution >= 0.6 is 11.6 Å². The van der Waals surface area contributed by atoms with Crippen molar-refractivity contribution in [1.29, 1.82) is 0 Å². The zero-order valence-corrected chi connectivity index (χ0v) is 10.8. The molecule has 2 aromatic heterocycles. The molecule has 0 amide bonds. The van der Waals surface area contributed by atoms with E-state index in [9.17, 15) is 0 Å². The molecule has 0 aliphatic heterocycles. The van der Waals surface area contributed by atoms with Crippen molar-refractivity contribution in [3.63, 3.8) is 0 Å². The SMILES string of the molecule is Cc1ccoc1-c1noc(-c2ccc(N)c(Cl)c2)n1. The van der Waals surface area contributed by atoms with Gasteiger partial charge in [0.2, 0.25) is 5.82 Å². The second kappa shape index (κ2) is 4.44. The van der Waals surface area contributed by atoms with Gasteiger partial charge in [0.25, 0.3) is 5.89 Å². The van der Waals surface area contributed by atoms with Crippen LogP contribution in [0.1, 0.15) is 5.56 Å². The predicted molar refractivity (Wildman–Crippen MR) is 71.6 cm³/mol. The van der Waals surface area contributed by atoms with Crippen LogP contribution in [0.2, 0.25) is 5.02 Å². The second-order valence-electron chi connectivity index (χ2n) is 4.09. The van der Waals surface area contributed by atoms with Crippen LogP contribution in [0.25, 0.3) is 23.0 Å². The lowest BCUT2D eigenvalue weighted by Crippen LogP contribution is -1.86.